The molecule has 0 saturated heterocycles. The molecule has 0 radical (unpaired) electrons. The summed E-state index contributed by atoms with van der Waals surface area (Å²) in [5.41, 5.74) is 5.75. The second kappa shape index (κ2) is 6.32. The van der Waals surface area contributed by atoms with E-state index in [4.69, 9.17) is 5.73 Å². The molecule has 0 bridgehead atoms. The number of nitrogens with two attached hydrogens (primary N) is 1. The highest BCUT2D eigenvalue weighted by atomic mass is 32.2. The van der Waals surface area contributed by atoms with Crippen molar-refractivity contribution in [2.24, 2.45) is 11.7 Å². The van der Waals surface area contributed by atoms with Gasteiger partial charge in [-0.2, -0.15) is 0 Å². The standard InChI is InChI=1S/C10H21N3O3S/c1-12-17(15,16)7-6-13-10(14)8-2-4-9(11)5-3-8/h8-9,12H,2-7,11H2,1H3,(H,13,14). The molecule has 1 fully saturated rings. The Morgan fingerprint density at radius 1 is 1.29 bits per heavy atom. The third-order valence-corrected chi connectivity index (χ3v) is 4.49. The largest absolute Gasteiger partial charge is 0.355 e. The molecule has 0 aromatic rings. The Morgan fingerprint density at radius 2 is 1.88 bits per heavy atom. The van der Waals surface area contributed by atoms with E-state index in [9.17, 15) is 13.2 Å². The van der Waals surface area contributed by atoms with Crippen molar-refractivity contribution in [3.63, 3.8) is 0 Å². The van der Waals surface area contributed by atoms with Crippen LogP contribution in [0.2, 0.25) is 0 Å². The van der Waals surface area contributed by atoms with Gasteiger partial charge in [-0.1, -0.05) is 0 Å². The number of sulfonamides is 1. The van der Waals surface area contributed by atoms with E-state index in [1.807, 2.05) is 0 Å². The van der Waals surface area contributed by atoms with Gasteiger partial charge >= 0.3 is 0 Å². The molecule has 0 heterocycles. The lowest BCUT2D eigenvalue weighted by Crippen LogP contribution is -2.39. The molecule has 1 aliphatic rings. The van der Waals surface area contributed by atoms with Crippen LogP contribution in [0.25, 0.3) is 0 Å². The normalized spacial score (nSPS) is 25.5. The van der Waals surface area contributed by atoms with Crippen molar-refractivity contribution in [2.45, 2.75) is 31.7 Å². The number of nitrogens with one attached hydrogen (secondary N) is 2. The summed E-state index contributed by atoms with van der Waals surface area (Å²) in [6, 6.07) is 0.212. The van der Waals surface area contributed by atoms with Gasteiger partial charge in [-0.15, -0.1) is 0 Å². The molecule has 1 aliphatic carbocycles. The van der Waals surface area contributed by atoms with Gasteiger partial charge in [0.25, 0.3) is 0 Å². The smallest absolute Gasteiger partial charge is 0.223 e. The van der Waals surface area contributed by atoms with Gasteiger partial charge in [0.05, 0.1) is 5.75 Å². The highest BCUT2D eigenvalue weighted by Gasteiger charge is 2.24. The van der Waals surface area contributed by atoms with Gasteiger partial charge in [0.2, 0.25) is 15.9 Å². The zero-order valence-electron chi connectivity index (χ0n) is 10.1. The van der Waals surface area contributed by atoms with Crippen molar-refractivity contribution in [3.05, 3.63) is 0 Å². The van der Waals surface area contributed by atoms with Gasteiger partial charge in [-0.3, -0.25) is 4.79 Å². The number of carbonyl (C=O) groups is 1. The molecule has 7 heteroatoms. The Hall–Kier alpha value is -0.660. The minimum atomic E-state index is -3.24. The van der Waals surface area contributed by atoms with Crippen LogP contribution in [0.3, 0.4) is 0 Å². The first-order valence-corrected chi connectivity index (χ1v) is 7.54. The molecule has 6 nitrogen and oxygen atoms in total. The first-order valence-electron chi connectivity index (χ1n) is 5.89. The molecule has 0 aliphatic heterocycles. The lowest BCUT2D eigenvalue weighted by molar-refractivity contribution is -0.125. The summed E-state index contributed by atoms with van der Waals surface area (Å²) in [7, 11) is -1.88. The Kier molecular flexibility index (Phi) is 5.35. The van der Waals surface area contributed by atoms with Crippen molar-refractivity contribution in [3.8, 4) is 0 Å². The van der Waals surface area contributed by atoms with Crippen LogP contribution in [0.5, 0.6) is 0 Å². The molecule has 4 N–H and O–H groups in total. The monoisotopic (exact) mass is 263 g/mol. The van der Waals surface area contributed by atoms with Crippen LogP contribution in [0, 0.1) is 5.92 Å². The number of hydrogen-bond donors (Lipinski definition) is 3. The van der Waals surface area contributed by atoms with Crippen LogP contribution < -0.4 is 15.8 Å². The van der Waals surface area contributed by atoms with Gasteiger partial charge < -0.3 is 11.1 Å². The van der Waals surface area contributed by atoms with Gasteiger partial charge in [-0.05, 0) is 32.7 Å². The maximum Gasteiger partial charge on any atom is 0.223 e. The first kappa shape index (κ1) is 14.4. The molecule has 0 atom stereocenters. The van der Waals surface area contributed by atoms with E-state index >= 15 is 0 Å². The van der Waals surface area contributed by atoms with Crippen LogP contribution in [-0.4, -0.2) is 39.7 Å². The van der Waals surface area contributed by atoms with Gasteiger partial charge in [-0.25, -0.2) is 13.1 Å². The van der Waals surface area contributed by atoms with E-state index in [2.05, 4.69) is 10.0 Å². The van der Waals surface area contributed by atoms with Crippen LogP contribution >= 0.6 is 0 Å². The second-order valence-corrected chi connectivity index (χ2v) is 6.47. The summed E-state index contributed by atoms with van der Waals surface area (Å²) in [4.78, 5) is 11.7. The number of amides is 1. The molecular formula is C10H21N3O3S. The summed E-state index contributed by atoms with van der Waals surface area (Å²) in [6.07, 6.45) is 3.33. The maximum atomic E-state index is 11.7. The number of rotatable bonds is 5. The minimum absolute atomic E-state index is 0.00732. The quantitative estimate of drug-likeness (QED) is 0.602. The lowest BCUT2D eigenvalue weighted by atomic mass is 9.86. The predicted molar refractivity (Wildman–Crippen MR) is 65.8 cm³/mol. The molecule has 1 rings (SSSR count). The first-order chi connectivity index (χ1) is 7.94. The average Bonchev–Trinajstić information content (AvgIpc) is 2.29. The summed E-state index contributed by atoms with van der Waals surface area (Å²) in [5, 5.41) is 2.66. The number of carbonyl (C=O) groups excluding carboxylic acids is 1. The molecule has 0 unspecified atom stereocenters. The topological polar surface area (TPSA) is 101 Å². The van der Waals surface area contributed by atoms with E-state index in [1.54, 1.807) is 0 Å². The fraction of sp³-hybridized carbons (Fsp3) is 0.900. The van der Waals surface area contributed by atoms with E-state index in [0.717, 1.165) is 25.7 Å². The molecule has 0 spiro atoms. The van der Waals surface area contributed by atoms with Gasteiger partial charge in [0, 0.05) is 18.5 Å². The Labute approximate surface area is 102 Å². The Morgan fingerprint density at radius 3 is 2.41 bits per heavy atom. The highest BCUT2D eigenvalue weighted by Crippen LogP contribution is 2.22. The molecule has 1 amide bonds. The third-order valence-electron chi connectivity index (χ3n) is 3.12. The fourth-order valence-electron chi connectivity index (χ4n) is 1.94. The average molecular weight is 263 g/mol. The second-order valence-electron chi connectivity index (χ2n) is 4.43. The zero-order chi connectivity index (χ0) is 12.9. The summed E-state index contributed by atoms with van der Waals surface area (Å²) >= 11 is 0. The zero-order valence-corrected chi connectivity index (χ0v) is 10.9. The van der Waals surface area contributed by atoms with E-state index in [0.29, 0.717) is 0 Å². The van der Waals surface area contributed by atoms with Crippen LogP contribution in [0.4, 0.5) is 0 Å². The fourth-order valence-corrected chi connectivity index (χ4v) is 2.51. The molecule has 100 valence electrons. The van der Waals surface area contributed by atoms with Gasteiger partial charge in [0.15, 0.2) is 0 Å². The van der Waals surface area contributed by atoms with Crippen molar-refractivity contribution in [2.75, 3.05) is 19.3 Å². The third kappa shape index (κ3) is 5.01. The van der Waals surface area contributed by atoms with Crippen LogP contribution in [-0.2, 0) is 14.8 Å². The van der Waals surface area contributed by atoms with Crippen molar-refractivity contribution < 1.29 is 13.2 Å². The Bertz CT molecular complexity index is 348. The molecule has 0 aromatic carbocycles. The summed E-state index contributed by atoms with van der Waals surface area (Å²) in [6.45, 7) is 0.157. The predicted octanol–water partition coefficient (Wildman–Crippen LogP) is -0.831. The van der Waals surface area contributed by atoms with E-state index in [1.165, 1.54) is 7.05 Å². The highest BCUT2D eigenvalue weighted by molar-refractivity contribution is 7.89. The number of hydrogen-bond acceptors (Lipinski definition) is 4. The van der Waals surface area contributed by atoms with Crippen LogP contribution in [0.15, 0.2) is 0 Å². The van der Waals surface area contributed by atoms with Crippen molar-refractivity contribution >= 4 is 15.9 Å². The Balaban J connectivity index is 2.26. The maximum absolute atomic E-state index is 11.7. The molecule has 17 heavy (non-hydrogen) atoms. The molecule has 1 saturated carbocycles. The van der Waals surface area contributed by atoms with Gasteiger partial charge in [0.1, 0.15) is 0 Å². The van der Waals surface area contributed by atoms with Crippen molar-refractivity contribution in [1.82, 2.24) is 10.0 Å². The van der Waals surface area contributed by atoms with Crippen molar-refractivity contribution in [1.29, 1.82) is 0 Å². The SMILES string of the molecule is CNS(=O)(=O)CCNC(=O)C1CCC(N)CC1. The van der Waals surface area contributed by atoms with E-state index in [-0.39, 0.29) is 30.2 Å². The summed E-state index contributed by atoms with van der Waals surface area (Å²) in [5.74, 6) is -0.142. The lowest BCUT2D eigenvalue weighted by Gasteiger charge is -2.25. The van der Waals surface area contributed by atoms with Crippen LogP contribution in [0.1, 0.15) is 25.7 Å². The molecule has 0 aromatic heterocycles. The summed E-state index contributed by atoms with van der Waals surface area (Å²) < 4.78 is 24.4. The molecular weight excluding hydrogens is 242 g/mol. The van der Waals surface area contributed by atoms with E-state index < -0.39 is 10.0 Å². The minimum Gasteiger partial charge on any atom is -0.355 e.